The second kappa shape index (κ2) is 13.2. The fourth-order valence-electron chi connectivity index (χ4n) is 7.27. The number of hydrogen-bond donors (Lipinski definition) is 2. The van der Waals surface area contributed by atoms with E-state index in [0.717, 1.165) is 32.9 Å². The monoisotopic (exact) mass is 684 g/mol. The molecule has 1 aromatic heterocycles. The molecule has 3 aromatic carbocycles. The highest BCUT2D eigenvalue weighted by atomic mass is 35.5. The molecular formula is C35H33ClF4N4O4. The van der Waals surface area contributed by atoms with Gasteiger partial charge in [0.05, 0.1) is 24.7 Å². The first-order valence-electron chi connectivity index (χ1n) is 15.6. The van der Waals surface area contributed by atoms with Crippen molar-refractivity contribution in [3.05, 3.63) is 138 Å². The quantitative estimate of drug-likeness (QED) is 0.211. The lowest BCUT2D eigenvalue weighted by atomic mass is 9.74. The highest BCUT2D eigenvalue weighted by molar-refractivity contribution is 6.30. The smallest absolute Gasteiger partial charge is 0.416 e. The Morgan fingerprint density at radius 3 is 2.31 bits per heavy atom. The van der Waals surface area contributed by atoms with Gasteiger partial charge in [0.15, 0.2) is 0 Å². The van der Waals surface area contributed by atoms with Crippen LogP contribution in [0.1, 0.15) is 58.8 Å². The van der Waals surface area contributed by atoms with E-state index in [0.29, 0.717) is 60.7 Å². The molecule has 252 valence electrons. The number of fused-ring (bicyclic) bond motifs is 2. The molecule has 2 N–H and O–H groups in total. The van der Waals surface area contributed by atoms with Gasteiger partial charge in [0.2, 0.25) is 0 Å². The zero-order valence-electron chi connectivity index (χ0n) is 25.8. The van der Waals surface area contributed by atoms with Crippen molar-refractivity contribution in [2.45, 2.75) is 63.0 Å². The maximum atomic E-state index is 15.1. The van der Waals surface area contributed by atoms with Crippen LogP contribution in [0.15, 0.2) is 82.4 Å². The van der Waals surface area contributed by atoms with Crippen LogP contribution in [0.2, 0.25) is 5.02 Å². The first kappa shape index (κ1) is 33.5. The Morgan fingerprint density at radius 1 is 0.938 bits per heavy atom. The molecule has 1 fully saturated rings. The lowest BCUT2D eigenvalue weighted by Crippen LogP contribution is -2.50. The molecule has 1 unspecified atom stereocenters. The molecule has 8 nitrogen and oxygen atoms in total. The van der Waals surface area contributed by atoms with Crippen LogP contribution in [0.25, 0.3) is 0 Å². The van der Waals surface area contributed by atoms with Crippen molar-refractivity contribution in [3.63, 3.8) is 0 Å². The second-order valence-electron chi connectivity index (χ2n) is 12.5. The van der Waals surface area contributed by atoms with Crippen LogP contribution >= 0.6 is 11.6 Å². The number of aromatic nitrogens is 2. The minimum atomic E-state index is -4.89. The van der Waals surface area contributed by atoms with Gasteiger partial charge in [0.1, 0.15) is 5.82 Å². The molecule has 0 radical (unpaired) electrons. The van der Waals surface area contributed by atoms with E-state index in [1.165, 1.54) is 0 Å². The molecule has 48 heavy (non-hydrogen) atoms. The molecule has 1 saturated heterocycles. The summed E-state index contributed by atoms with van der Waals surface area (Å²) in [5.74, 6) is -1.13. The fourth-order valence-corrected chi connectivity index (χ4v) is 7.48. The summed E-state index contributed by atoms with van der Waals surface area (Å²) in [4.78, 5) is 42.6. The average Bonchev–Trinajstić information content (AvgIpc) is 3.40. The van der Waals surface area contributed by atoms with E-state index in [4.69, 9.17) is 11.6 Å². The van der Waals surface area contributed by atoms with Crippen LogP contribution in [0.3, 0.4) is 0 Å². The van der Waals surface area contributed by atoms with Crippen molar-refractivity contribution in [1.82, 2.24) is 19.4 Å². The third-order valence-corrected chi connectivity index (χ3v) is 9.85. The standard InChI is InChI=1S/C35H33ClF4N4O4/c36-24-9-4-6-22(18-24)19-42-16-14-34(15-17-42)13-12-29-30(34)31(45)44(21-28(41-32(46)47)23-7-2-1-3-8-23)33(48)43(29)20-25-26(35(38,39)40)10-5-11-27(25)37/h1-11,18,28,41H,12-17,19-21H2,(H,46,47). The van der Waals surface area contributed by atoms with Crippen molar-refractivity contribution in [3.8, 4) is 0 Å². The minimum Gasteiger partial charge on any atom is -0.465 e. The van der Waals surface area contributed by atoms with E-state index >= 15 is 4.39 Å². The summed E-state index contributed by atoms with van der Waals surface area (Å²) in [6.45, 7) is 0.705. The summed E-state index contributed by atoms with van der Waals surface area (Å²) in [6, 6.07) is 17.5. The molecule has 13 heteroatoms. The number of likely N-dealkylation sites (tertiary alicyclic amines) is 1. The van der Waals surface area contributed by atoms with Crippen LogP contribution in [-0.4, -0.2) is 38.3 Å². The Morgan fingerprint density at radius 2 is 1.65 bits per heavy atom. The predicted molar refractivity (Wildman–Crippen MR) is 172 cm³/mol. The van der Waals surface area contributed by atoms with E-state index in [1.54, 1.807) is 36.4 Å². The maximum absolute atomic E-state index is 15.1. The SMILES string of the molecule is O=C(O)NC(Cn1c(=O)c2c(n(Cc3c(F)cccc3C(F)(F)F)c1=O)CCC21CCN(Cc2cccc(Cl)c2)CC1)c1ccccc1. The van der Waals surface area contributed by atoms with E-state index in [-0.39, 0.29) is 6.42 Å². The highest BCUT2D eigenvalue weighted by Gasteiger charge is 2.46. The summed E-state index contributed by atoms with van der Waals surface area (Å²) in [6.07, 6.45) is -4.43. The Bertz CT molecular complexity index is 1950. The molecule has 0 bridgehead atoms. The van der Waals surface area contributed by atoms with Gasteiger partial charge in [-0.25, -0.2) is 14.0 Å². The van der Waals surface area contributed by atoms with Gasteiger partial charge in [0, 0.05) is 33.8 Å². The lowest BCUT2D eigenvalue weighted by molar-refractivity contribution is -0.138. The number of piperidine rings is 1. The van der Waals surface area contributed by atoms with Crippen LogP contribution < -0.4 is 16.6 Å². The van der Waals surface area contributed by atoms with Crippen molar-refractivity contribution >= 4 is 17.7 Å². The maximum Gasteiger partial charge on any atom is 0.416 e. The number of halogens is 5. The first-order valence-corrected chi connectivity index (χ1v) is 16.0. The molecule has 2 aliphatic rings. The lowest BCUT2D eigenvalue weighted by Gasteiger charge is -2.40. The molecule has 1 spiro atoms. The molecule has 0 saturated carbocycles. The number of hydrogen-bond acceptors (Lipinski definition) is 4. The summed E-state index contributed by atoms with van der Waals surface area (Å²) in [5, 5.41) is 12.6. The minimum absolute atomic E-state index is 0.250. The van der Waals surface area contributed by atoms with E-state index in [9.17, 15) is 32.7 Å². The number of nitrogens with one attached hydrogen (secondary N) is 1. The fraction of sp³-hybridized carbons (Fsp3) is 0.343. The molecular weight excluding hydrogens is 652 g/mol. The average molecular weight is 685 g/mol. The van der Waals surface area contributed by atoms with Crippen molar-refractivity contribution in [1.29, 1.82) is 0 Å². The summed E-state index contributed by atoms with van der Waals surface area (Å²) < 4.78 is 59.2. The Hall–Kier alpha value is -4.42. The highest BCUT2D eigenvalue weighted by Crippen LogP contribution is 2.45. The van der Waals surface area contributed by atoms with Crippen LogP contribution in [-0.2, 0) is 37.6 Å². The van der Waals surface area contributed by atoms with Crippen molar-refractivity contribution in [2.75, 3.05) is 13.1 Å². The Balaban J connectivity index is 1.45. The van der Waals surface area contributed by atoms with Crippen LogP contribution in [0.4, 0.5) is 22.4 Å². The number of carbonyl (C=O) groups is 1. The number of amides is 1. The largest absolute Gasteiger partial charge is 0.465 e. The van der Waals surface area contributed by atoms with Gasteiger partial charge in [-0.3, -0.25) is 18.8 Å². The number of alkyl halides is 3. The zero-order valence-corrected chi connectivity index (χ0v) is 26.5. The van der Waals surface area contributed by atoms with E-state index in [2.05, 4.69) is 10.2 Å². The van der Waals surface area contributed by atoms with Gasteiger partial charge in [-0.05, 0) is 74.2 Å². The number of benzene rings is 3. The topological polar surface area (TPSA) is 96.6 Å². The first-order chi connectivity index (χ1) is 22.9. The molecule has 1 aliphatic heterocycles. The summed E-state index contributed by atoms with van der Waals surface area (Å²) in [5.41, 5.74) is -1.99. The van der Waals surface area contributed by atoms with Crippen molar-refractivity contribution in [2.24, 2.45) is 0 Å². The van der Waals surface area contributed by atoms with E-state index in [1.807, 2.05) is 18.2 Å². The van der Waals surface area contributed by atoms with Gasteiger partial charge in [-0.2, -0.15) is 13.2 Å². The van der Waals surface area contributed by atoms with Gasteiger partial charge in [-0.15, -0.1) is 0 Å². The van der Waals surface area contributed by atoms with Crippen molar-refractivity contribution < 1.29 is 27.5 Å². The Labute approximate surface area is 278 Å². The molecule has 1 aliphatic carbocycles. The second-order valence-corrected chi connectivity index (χ2v) is 12.9. The van der Waals surface area contributed by atoms with E-state index < -0.39 is 65.0 Å². The van der Waals surface area contributed by atoms with Crippen LogP contribution in [0, 0.1) is 5.82 Å². The normalized spacial score (nSPS) is 16.5. The van der Waals surface area contributed by atoms with Gasteiger partial charge in [0.25, 0.3) is 5.56 Å². The zero-order chi connectivity index (χ0) is 34.2. The van der Waals surface area contributed by atoms with Gasteiger partial charge < -0.3 is 10.4 Å². The third kappa shape index (κ3) is 6.64. The molecule has 6 rings (SSSR count). The molecule has 1 amide bonds. The molecule has 4 aromatic rings. The molecule has 1 atom stereocenters. The number of rotatable bonds is 8. The van der Waals surface area contributed by atoms with Gasteiger partial charge in [-0.1, -0.05) is 60.1 Å². The number of nitrogens with zero attached hydrogens (tertiary/aromatic N) is 3. The summed E-state index contributed by atoms with van der Waals surface area (Å²) >= 11 is 6.18. The predicted octanol–water partition coefficient (Wildman–Crippen LogP) is 6.36. The summed E-state index contributed by atoms with van der Waals surface area (Å²) in [7, 11) is 0. The number of carboxylic acid groups (broad SMARTS) is 1. The Kier molecular flexibility index (Phi) is 9.23. The van der Waals surface area contributed by atoms with Gasteiger partial charge >= 0.3 is 18.0 Å². The van der Waals surface area contributed by atoms with Crippen LogP contribution in [0.5, 0.6) is 0 Å². The third-order valence-electron chi connectivity index (χ3n) is 9.62. The molecule has 2 heterocycles.